The van der Waals surface area contributed by atoms with E-state index in [1.807, 2.05) is 0 Å². The Balaban J connectivity index is 1.60. The number of nitrogens with zero attached hydrogens (tertiary/aromatic N) is 1. The third-order valence-corrected chi connectivity index (χ3v) is 8.71. The molecule has 0 saturated carbocycles. The van der Waals surface area contributed by atoms with Crippen LogP contribution in [0.25, 0.3) is 0 Å². The zero-order valence-electron chi connectivity index (χ0n) is 16.1. The van der Waals surface area contributed by atoms with E-state index in [0.29, 0.717) is 25.1 Å². The first-order valence-corrected chi connectivity index (χ1v) is 12.5. The number of rotatable bonds is 7. The fourth-order valence-electron chi connectivity index (χ4n) is 3.22. The van der Waals surface area contributed by atoms with E-state index in [0.717, 1.165) is 0 Å². The van der Waals surface area contributed by atoms with Gasteiger partial charge in [0, 0.05) is 19.0 Å². The molecule has 0 radical (unpaired) electrons. The van der Waals surface area contributed by atoms with Crippen molar-refractivity contribution >= 4 is 25.8 Å². The Hall–Kier alpha value is -2.17. The number of sulfonamides is 1. The average Bonchev–Trinajstić information content (AvgIpc) is 3.26. The van der Waals surface area contributed by atoms with Crippen molar-refractivity contribution in [3.05, 3.63) is 48.4 Å². The van der Waals surface area contributed by atoms with Crippen molar-refractivity contribution < 1.29 is 26.0 Å². The molecule has 1 saturated heterocycles. The number of benzene rings is 1. The molecule has 0 aliphatic carbocycles. The Morgan fingerprint density at radius 3 is 2.24 bits per heavy atom. The number of amides is 1. The summed E-state index contributed by atoms with van der Waals surface area (Å²) in [5.41, 5.74) is 0. The van der Waals surface area contributed by atoms with Crippen LogP contribution < -0.4 is 5.32 Å². The van der Waals surface area contributed by atoms with Gasteiger partial charge in [-0.2, -0.15) is 4.31 Å². The summed E-state index contributed by atoms with van der Waals surface area (Å²) in [6.45, 7) is 2.30. The number of nitrogens with one attached hydrogen (secondary N) is 1. The molecule has 1 aliphatic heterocycles. The van der Waals surface area contributed by atoms with E-state index in [-0.39, 0.29) is 40.5 Å². The van der Waals surface area contributed by atoms with Gasteiger partial charge in [0.2, 0.25) is 15.9 Å². The molecule has 0 bridgehead atoms. The fourth-order valence-corrected chi connectivity index (χ4v) is 5.58. The molecule has 0 spiro atoms. The largest absolute Gasteiger partial charge is 0.467 e. The summed E-state index contributed by atoms with van der Waals surface area (Å²) in [7, 11) is -7.12. The molecule has 1 N–H and O–H groups in total. The van der Waals surface area contributed by atoms with Crippen molar-refractivity contribution in [2.45, 2.75) is 36.1 Å². The number of hydrogen-bond acceptors (Lipinski definition) is 6. The molecule has 0 unspecified atom stereocenters. The summed E-state index contributed by atoms with van der Waals surface area (Å²) in [4.78, 5) is 12.5. The summed E-state index contributed by atoms with van der Waals surface area (Å²) in [6.07, 6.45) is 2.38. The van der Waals surface area contributed by atoms with Crippen LogP contribution in [-0.4, -0.2) is 45.9 Å². The monoisotopic (exact) mass is 440 g/mol. The number of carbonyl (C=O) groups is 1. The summed E-state index contributed by atoms with van der Waals surface area (Å²) < 4.78 is 56.0. The zero-order valence-corrected chi connectivity index (χ0v) is 17.7. The molecule has 8 nitrogen and oxygen atoms in total. The minimum absolute atomic E-state index is 0.0470. The maximum absolute atomic E-state index is 12.8. The van der Waals surface area contributed by atoms with Gasteiger partial charge in [0.05, 0.1) is 28.4 Å². The number of carbonyl (C=O) groups excluding carboxylic acids is 1. The van der Waals surface area contributed by atoms with E-state index in [1.54, 1.807) is 12.1 Å². The lowest BCUT2D eigenvalue weighted by Gasteiger charge is -2.30. The Labute approximate surface area is 170 Å². The third kappa shape index (κ3) is 4.88. The number of sulfone groups is 1. The molecular weight excluding hydrogens is 416 g/mol. The molecule has 1 amide bonds. The van der Waals surface area contributed by atoms with Crippen LogP contribution in [0, 0.1) is 5.92 Å². The van der Waals surface area contributed by atoms with Crippen LogP contribution in [0.5, 0.6) is 0 Å². The van der Waals surface area contributed by atoms with Gasteiger partial charge in [-0.1, -0.05) is 6.92 Å². The van der Waals surface area contributed by atoms with Crippen molar-refractivity contribution in [2.24, 2.45) is 5.92 Å². The highest BCUT2D eigenvalue weighted by molar-refractivity contribution is 7.91. The van der Waals surface area contributed by atoms with Crippen LogP contribution in [0.1, 0.15) is 25.5 Å². The third-order valence-electron chi connectivity index (χ3n) is 5.04. The average molecular weight is 441 g/mol. The summed E-state index contributed by atoms with van der Waals surface area (Å²) in [5, 5.41) is 2.81. The second-order valence-corrected chi connectivity index (χ2v) is 11.1. The maximum Gasteiger partial charge on any atom is 0.243 e. The number of hydrogen-bond donors (Lipinski definition) is 1. The quantitative estimate of drug-likeness (QED) is 0.702. The highest BCUT2D eigenvalue weighted by atomic mass is 32.2. The van der Waals surface area contributed by atoms with E-state index in [1.165, 1.54) is 41.8 Å². The maximum atomic E-state index is 12.8. The van der Waals surface area contributed by atoms with Gasteiger partial charge in [0.1, 0.15) is 5.76 Å². The summed E-state index contributed by atoms with van der Waals surface area (Å²) in [6, 6.07) is 8.79. The first kappa shape index (κ1) is 21.5. The Morgan fingerprint density at radius 2 is 1.69 bits per heavy atom. The SMILES string of the molecule is CCS(=O)(=O)c1ccc(S(=O)(=O)N2CCC(C(=O)NCc3ccco3)CC2)cc1. The minimum atomic E-state index is -3.74. The van der Waals surface area contributed by atoms with E-state index >= 15 is 0 Å². The highest BCUT2D eigenvalue weighted by Gasteiger charge is 2.32. The molecule has 3 rings (SSSR count). The molecule has 10 heteroatoms. The molecule has 0 atom stereocenters. The topological polar surface area (TPSA) is 114 Å². The molecule has 2 heterocycles. The van der Waals surface area contributed by atoms with Gasteiger partial charge < -0.3 is 9.73 Å². The molecule has 29 heavy (non-hydrogen) atoms. The Kier molecular flexibility index (Phi) is 6.45. The second-order valence-electron chi connectivity index (χ2n) is 6.85. The lowest BCUT2D eigenvalue weighted by atomic mass is 9.97. The fraction of sp³-hybridized carbons (Fsp3) is 0.421. The van der Waals surface area contributed by atoms with Gasteiger partial charge in [-0.05, 0) is 49.2 Å². The second kappa shape index (κ2) is 8.68. The van der Waals surface area contributed by atoms with Gasteiger partial charge in [-0.15, -0.1) is 0 Å². The zero-order chi connectivity index (χ0) is 21.1. The van der Waals surface area contributed by atoms with Crippen molar-refractivity contribution in [3.63, 3.8) is 0 Å². The highest BCUT2D eigenvalue weighted by Crippen LogP contribution is 2.25. The van der Waals surface area contributed by atoms with Crippen LogP contribution in [0.3, 0.4) is 0 Å². The van der Waals surface area contributed by atoms with Crippen LogP contribution in [0.2, 0.25) is 0 Å². The van der Waals surface area contributed by atoms with E-state index in [4.69, 9.17) is 4.42 Å². The standard InChI is InChI=1S/C19H24N2O6S2/c1-2-28(23,24)17-5-7-18(8-6-17)29(25,26)21-11-9-15(10-12-21)19(22)20-14-16-4-3-13-27-16/h3-8,13,15H,2,9-12,14H2,1H3,(H,20,22). The predicted molar refractivity (Wildman–Crippen MR) is 106 cm³/mol. The predicted octanol–water partition coefficient (Wildman–Crippen LogP) is 1.79. The molecular formula is C19H24N2O6S2. The molecule has 1 aromatic carbocycles. The molecule has 158 valence electrons. The summed E-state index contributed by atoms with van der Waals surface area (Å²) >= 11 is 0. The van der Waals surface area contributed by atoms with E-state index in [2.05, 4.69) is 5.32 Å². The van der Waals surface area contributed by atoms with Crippen molar-refractivity contribution in [1.29, 1.82) is 0 Å². The number of furan rings is 1. The van der Waals surface area contributed by atoms with E-state index in [9.17, 15) is 21.6 Å². The van der Waals surface area contributed by atoms with Gasteiger partial charge in [0.15, 0.2) is 9.84 Å². The summed E-state index contributed by atoms with van der Waals surface area (Å²) in [5.74, 6) is 0.238. The van der Waals surface area contributed by atoms with Crippen LogP contribution >= 0.6 is 0 Å². The van der Waals surface area contributed by atoms with Crippen molar-refractivity contribution in [1.82, 2.24) is 9.62 Å². The van der Waals surface area contributed by atoms with Crippen LogP contribution in [0.4, 0.5) is 0 Å². The molecule has 1 aromatic heterocycles. The van der Waals surface area contributed by atoms with Gasteiger partial charge in [0.25, 0.3) is 0 Å². The minimum Gasteiger partial charge on any atom is -0.467 e. The number of piperidine rings is 1. The molecule has 1 aliphatic rings. The first-order valence-electron chi connectivity index (χ1n) is 9.37. The normalized spacial score (nSPS) is 16.6. The van der Waals surface area contributed by atoms with Gasteiger partial charge >= 0.3 is 0 Å². The van der Waals surface area contributed by atoms with Crippen molar-refractivity contribution in [2.75, 3.05) is 18.8 Å². The first-order chi connectivity index (χ1) is 13.7. The van der Waals surface area contributed by atoms with Crippen LogP contribution in [0.15, 0.2) is 56.9 Å². The Bertz CT molecular complexity index is 1040. The lowest BCUT2D eigenvalue weighted by Crippen LogP contribution is -2.42. The van der Waals surface area contributed by atoms with Crippen molar-refractivity contribution in [3.8, 4) is 0 Å². The molecule has 1 fully saturated rings. The Morgan fingerprint density at radius 1 is 1.07 bits per heavy atom. The van der Waals surface area contributed by atoms with E-state index < -0.39 is 19.9 Å². The van der Waals surface area contributed by atoms with Gasteiger partial charge in [-0.3, -0.25) is 4.79 Å². The van der Waals surface area contributed by atoms with Crippen LogP contribution in [-0.2, 0) is 31.2 Å². The smallest absolute Gasteiger partial charge is 0.243 e. The molecule has 2 aromatic rings. The lowest BCUT2D eigenvalue weighted by molar-refractivity contribution is -0.126. The van der Waals surface area contributed by atoms with Gasteiger partial charge in [-0.25, -0.2) is 16.8 Å².